The Morgan fingerprint density at radius 3 is 1.62 bits per heavy atom. The number of methoxy groups -OCH3 is 5. The molecule has 0 aromatic carbocycles. The van der Waals surface area contributed by atoms with Crippen LogP contribution in [0.2, 0.25) is 0 Å². The minimum absolute atomic E-state index is 0.0792. The van der Waals surface area contributed by atoms with Crippen molar-refractivity contribution in [3.63, 3.8) is 0 Å². The first-order valence-electron chi connectivity index (χ1n) is 5.26. The third kappa shape index (κ3) is 4.35. The van der Waals surface area contributed by atoms with Gasteiger partial charge in [0, 0.05) is 35.5 Å². The summed E-state index contributed by atoms with van der Waals surface area (Å²) in [5.41, 5.74) is 0. The molecule has 98 valence electrons. The molecule has 0 spiro atoms. The molecule has 0 amide bonds. The maximum Gasteiger partial charge on any atom is 0.114 e. The molecule has 0 saturated heterocycles. The number of hydrogen-bond acceptors (Lipinski definition) is 5. The molecule has 16 heavy (non-hydrogen) atoms. The van der Waals surface area contributed by atoms with Crippen molar-refractivity contribution in [2.75, 3.05) is 42.2 Å². The fraction of sp³-hybridized carbons (Fsp3) is 1.00. The first-order chi connectivity index (χ1) is 7.65. The predicted molar refractivity (Wildman–Crippen MR) is 60.7 cm³/mol. The normalized spacial score (nSPS) is 19.1. The highest BCUT2D eigenvalue weighted by molar-refractivity contribution is 4.83. The molecule has 0 radical (unpaired) electrons. The van der Waals surface area contributed by atoms with Gasteiger partial charge in [0.1, 0.15) is 18.3 Å². The summed E-state index contributed by atoms with van der Waals surface area (Å²) in [6.45, 7) is 2.38. The summed E-state index contributed by atoms with van der Waals surface area (Å²) < 4.78 is 26.5. The molecular formula is C11H24O5. The van der Waals surface area contributed by atoms with Gasteiger partial charge in [0.05, 0.1) is 12.7 Å². The Kier molecular flexibility index (Phi) is 8.78. The van der Waals surface area contributed by atoms with E-state index in [-0.39, 0.29) is 24.4 Å². The Balaban J connectivity index is 4.62. The molecule has 0 unspecified atom stereocenters. The summed E-state index contributed by atoms with van der Waals surface area (Å²) in [7, 11) is 8.15. The summed E-state index contributed by atoms with van der Waals surface area (Å²) in [5, 5.41) is 0. The van der Waals surface area contributed by atoms with Crippen LogP contribution in [0.4, 0.5) is 0 Å². The van der Waals surface area contributed by atoms with Crippen molar-refractivity contribution >= 4 is 0 Å². The molecule has 0 aromatic rings. The van der Waals surface area contributed by atoms with E-state index in [2.05, 4.69) is 0 Å². The second kappa shape index (κ2) is 8.90. The summed E-state index contributed by atoms with van der Waals surface area (Å²) in [5.74, 6) is 0. The fourth-order valence-corrected chi connectivity index (χ4v) is 1.69. The number of hydrogen-bond donors (Lipinski definition) is 0. The lowest BCUT2D eigenvalue weighted by Gasteiger charge is -2.33. The zero-order valence-electron chi connectivity index (χ0n) is 11.1. The molecule has 0 aliphatic carbocycles. The number of rotatable bonds is 9. The summed E-state index contributed by atoms with van der Waals surface area (Å²) in [4.78, 5) is 0. The van der Waals surface area contributed by atoms with Gasteiger partial charge in [-0.2, -0.15) is 0 Å². The summed E-state index contributed by atoms with van der Waals surface area (Å²) in [6, 6.07) is 0. The summed E-state index contributed by atoms with van der Waals surface area (Å²) >= 11 is 0. The van der Waals surface area contributed by atoms with Gasteiger partial charge in [0.25, 0.3) is 0 Å². The van der Waals surface area contributed by atoms with Gasteiger partial charge < -0.3 is 23.7 Å². The molecule has 5 nitrogen and oxygen atoms in total. The molecule has 0 heterocycles. The van der Waals surface area contributed by atoms with E-state index >= 15 is 0 Å². The molecular weight excluding hydrogens is 212 g/mol. The highest BCUT2D eigenvalue weighted by Crippen LogP contribution is 2.15. The van der Waals surface area contributed by atoms with Gasteiger partial charge in [-0.05, 0) is 6.92 Å². The van der Waals surface area contributed by atoms with E-state index in [0.29, 0.717) is 6.61 Å². The second-order valence-electron chi connectivity index (χ2n) is 3.57. The van der Waals surface area contributed by atoms with Crippen LogP contribution >= 0.6 is 0 Å². The van der Waals surface area contributed by atoms with Crippen molar-refractivity contribution in [2.45, 2.75) is 31.3 Å². The second-order valence-corrected chi connectivity index (χ2v) is 3.57. The molecule has 0 fully saturated rings. The van der Waals surface area contributed by atoms with Crippen LogP contribution in [-0.4, -0.2) is 66.6 Å². The van der Waals surface area contributed by atoms with Crippen molar-refractivity contribution in [3.8, 4) is 0 Å². The largest absolute Gasteiger partial charge is 0.382 e. The van der Waals surface area contributed by atoms with E-state index in [1.165, 1.54) is 0 Å². The fourth-order valence-electron chi connectivity index (χ4n) is 1.69. The molecule has 0 aliphatic rings. The first-order valence-corrected chi connectivity index (χ1v) is 5.26. The zero-order valence-corrected chi connectivity index (χ0v) is 11.1. The van der Waals surface area contributed by atoms with Crippen LogP contribution in [-0.2, 0) is 23.7 Å². The van der Waals surface area contributed by atoms with E-state index in [4.69, 9.17) is 23.7 Å². The van der Waals surface area contributed by atoms with Gasteiger partial charge in [-0.25, -0.2) is 0 Å². The lowest BCUT2D eigenvalue weighted by Crippen LogP contribution is -2.48. The van der Waals surface area contributed by atoms with Crippen LogP contribution < -0.4 is 0 Å². The van der Waals surface area contributed by atoms with Crippen molar-refractivity contribution in [1.29, 1.82) is 0 Å². The molecule has 4 atom stereocenters. The zero-order chi connectivity index (χ0) is 12.6. The van der Waals surface area contributed by atoms with E-state index in [0.717, 1.165) is 0 Å². The van der Waals surface area contributed by atoms with Crippen LogP contribution in [0.15, 0.2) is 0 Å². The van der Waals surface area contributed by atoms with Crippen LogP contribution in [0.5, 0.6) is 0 Å². The average molecular weight is 236 g/mol. The Labute approximate surface area is 98.0 Å². The lowest BCUT2D eigenvalue weighted by molar-refractivity contribution is -0.155. The van der Waals surface area contributed by atoms with E-state index in [1.54, 1.807) is 35.5 Å². The van der Waals surface area contributed by atoms with Crippen LogP contribution in [0.3, 0.4) is 0 Å². The SMILES string of the molecule is COC[C@H](OC)[C@@H](OC)[C@H](OC)[C@@H](C)OC. The van der Waals surface area contributed by atoms with Crippen molar-refractivity contribution in [3.05, 3.63) is 0 Å². The summed E-state index contributed by atoms with van der Waals surface area (Å²) in [6.07, 6.45) is -0.693. The van der Waals surface area contributed by atoms with Crippen LogP contribution in [0, 0.1) is 0 Å². The molecule has 0 saturated carbocycles. The third-order valence-corrected chi connectivity index (χ3v) is 2.70. The lowest BCUT2D eigenvalue weighted by atomic mass is 10.0. The van der Waals surface area contributed by atoms with Crippen LogP contribution in [0.1, 0.15) is 6.92 Å². The van der Waals surface area contributed by atoms with E-state index in [9.17, 15) is 0 Å². The minimum Gasteiger partial charge on any atom is -0.382 e. The molecule has 0 aliphatic heterocycles. The molecule has 0 N–H and O–H groups in total. The predicted octanol–water partition coefficient (Wildman–Crippen LogP) is 0.713. The van der Waals surface area contributed by atoms with E-state index in [1.807, 2.05) is 6.92 Å². The highest BCUT2D eigenvalue weighted by atomic mass is 16.6. The van der Waals surface area contributed by atoms with E-state index < -0.39 is 0 Å². The highest BCUT2D eigenvalue weighted by Gasteiger charge is 2.33. The standard InChI is InChI=1S/C11H24O5/c1-8(13-3)10(15-5)11(16-6)9(14-4)7-12-2/h8-11H,7H2,1-6H3/t8-,9+,10-,11-/m1/s1. The quantitative estimate of drug-likeness (QED) is 0.590. The average Bonchev–Trinajstić information content (AvgIpc) is 2.32. The van der Waals surface area contributed by atoms with Crippen LogP contribution in [0.25, 0.3) is 0 Å². The Morgan fingerprint density at radius 2 is 1.31 bits per heavy atom. The Morgan fingerprint density at radius 1 is 0.750 bits per heavy atom. The van der Waals surface area contributed by atoms with Gasteiger partial charge in [0.15, 0.2) is 0 Å². The Hall–Kier alpha value is -0.200. The van der Waals surface area contributed by atoms with Crippen molar-refractivity contribution in [2.24, 2.45) is 0 Å². The molecule has 0 rings (SSSR count). The van der Waals surface area contributed by atoms with Gasteiger partial charge in [-0.15, -0.1) is 0 Å². The molecule has 0 bridgehead atoms. The Bertz CT molecular complexity index is 164. The smallest absolute Gasteiger partial charge is 0.114 e. The van der Waals surface area contributed by atoms with Gasteiger partial charge in [-0.1, -0.05) is 0 Å². The van der Waals surface area contributed by atoms with Gasteiger partial charge in [0.2, 0.25) is 0 Å². The minimum atomic E-state index is -0.232. The van der Waals surface area contributed by atoms with Gasteiger partial charge in [-0.3, -0.25) is 0 Å². The topological polar surface area (TPSA) is 46.2 Å². The maximum atomic E-state index is 5.42. The molecule has 5 heteroatoms. The van der Waals surface area contributed by atoms with Crippen molar-refractivity contribution < 1.29 is 23.7 Å². The van der Waals surface area contributed by atoms with Crippen molar-refractivity contribution in [1.82, 2.24) is 0 Å². The first kappa shape index (κ1) is 15.8. The van der Waals surface area contributed by atoms with Gasteiger partial charge >= 0.3 is 0 Å². The number of ether oxygens (including phenoxy) is 5. The molecule has 0 aromatic heterocycles. The maximum absolute atomic E-state index is 5.42. The monoisotopic (exact) mass is 236 g/mol. The third-order valence-electron chi connectivity index (χ3n) is 2.70.